The van der Waals surface area contributed by atoms with Crippen LogP contribution in [0, 0.1) is 6.92 Å². The largest absolute Gasteiger partial charge is 0.480 e. The summed E-state index contributed by atoms with van der Waals surface area (Å²) in [6.45, 7) is 4.10. The van der Waals surface area contributed by atoms with Crippen LogP contribution in [0.4, 0.5) is 11.4 Å². The van der Waals surface area contributed by atoms with Gasteiger partial charge in [0.2, 0.25) is 5.91 Å². The number of rotatable bonds is 10. The Bertz CT molecular complexity index is 2050. The maximum absolute atomic E-state index is 14.0. The second-order valence-corrected chi connectivity index (χ2v) is 13.7. The van der Waals surface area contributed by atoms with Crippen molar-refractivity contribution in [2.45, 2.75) is 50.9 Å². The number of para-hydroxylation sites is 1. The van der Waals surface area contributed by atoms with E-state index >= 15 is 0 Å². The second-order valence-electron chi connectivity index (χ2n) is 13.3. The molecule has 51 heavy (non-hydrogen) atoms. The summed E-state index contributed by atoms with van der Waals surface area (Å²) in [4.78, 5) is 37.0. The topological polar surface area (TPSA) is 85.2 Å². The lowest BCUT2D eigenvalue weighted by Crippen LogP contribution is -2.44. The minimum atomic E-state index is -1.19. The number of benzene rings is 5. The summed E-state index contributed by atoms with van der Waals surface area (Å²) in [5.41, 5.74) is 7.49. The summed E-state index contributed by atoms with van der Waals surface area (Å²) >= 11 is 6.61. The Hall–Kier alpha value is -5.24. The molecule has 7 nitrogen and oxygen atoms in total. The number of carboxylic acid groups (broad SMARTS) is 1. The molecule has 0 radical (unpaired) electrons. The SMILES string of the molecule is Cc1ccc(N2CCc3ccccc3[C@H]2[C@H](N=C(c2ccccc2)c2ccccc2NC(=O)[C@@H]2CCCN2Cc2ccccc2)C(=O)O)cc1Cl. The predicted molar refractivity (Wildman–Crippen MR) is 205 cm³/mol. The number of nitrogens with one attached hydrogen (secondary N) is 1. The molecule has 3 atom stereocenters. The van der Waals surface area contributed by atoms with E-state index in [1.165, 1.54) is 5.56 Å². The third-order valence-corrected chi connectivity index (χ3v) is 10.4. The third-order valence-electron chi connectivity index (χ3n) is 10.0. The van der Waals surface area contributed by atoms with E-state index in [1.807, 2.05) is 116 Å². The molecule has 7 rings (SSSR count). The number of amides is 1. The van der Waals surface area contributed by atoms with Gasteiger partial charge in [-0.1, -0.05) is 121 Å². The van der Waals surface area contributed by atoms with E-state index in [0.29, 0.717) is 35.1 Å². The van der Waals surface area contributed by atoms with Crippen LogP contribution in [0.2, 0.25) is 5.02 Å². The molecule has 5 aromatic rings. The van der Waals surface area contributed by atoms with Crippen LogP contribution >= 0.6 is 11.6 Å². The molecule has 0 unspecified atom stereocenters. The Morgan fingerprint density at radius 3 is 2.35 bits per heavy atom. The molecule has 2 heterocycles. The first-order chi connectivity index (χ1) is 24.9. The maximum Gasteiger partial charge on any atom is 0.330 e. The number of aliphatic imine (C=N–C) groups is 1. The summed E-state index contributed by atoms with van der Waals surface area (Å²) in [5.74, 6) is -1.13. The minimum absolute atomic E-state index is 0.0817. The van der Waals surface area contributed by atoms with Crippen LogP contribution in [-0.2, 0) is 22.6 Å². The van der Waals surface area contributed by atoms with Gasteiger partial charge in [0, 0.05) is 34.9 Å². The first-order valence-corrected chi connectivity index (χ1v) is 17.9. The van der Waals surface area contributed by atoms with Crippen LogP contribution in [0.25, 0.3) is 0 Å². The highest BCUT2D eigenvalue weighted by Gasteiger charge is 2.39. The number of aryl methyl sites for hydroxylation is 1. The fourth-order valence-electron chi connectivity index (χ4n) is 7.43. The molecular weight excluding hydrogens is 656 g/mol. The van der Waals surface area contributed by atoms with Crippen molar-refractivity contribution in [2.75, 3.05) is 23.3 Å². The summed E-state index contributed by atoms with van der Waals surface area (Å²) in [6.07, 6.45) is 2.47. The number of likely N-dealkylation sites (tertiary alicyclic amines) is 1. The number of fused-ring (bicyclic) bond motifs is 1. The number of nitrogens with zero attached hydrogens (tertiary/aromatic N) is 3. The molecule has 5 aromatic carbocycles. The molecule has 0 spiro atoms. The quantitative estimate of drug-likeness (QED) is 0.143. The lowest BCUT2D eigenvalue weighted by molar-refractivity contribution is -0.139. The van der Waals surface area contributed by atoms with Gasteiger partial charge < -0.3 is 15.3 Å². The van der Waals surface area contributed by atoms with Gasteiger partial charge in [0.15, 0.2) is 6.04 Å². The molecule has 0 saturated carbocycles. The molecule has 0 aromatic heterocycles. The lowest BCUT2D eigenvalue weighted by atomic mass is 9.87. The Balaban J connectivity index is 1.29. The van der Waals surface area contributed by atoms with Crippen molar-refractivity contribution >= 4 is 40.6 Å². The first-order valence-electron chi connectivity index (χ1n) is 17.5. The molecule has 2 aliphatic heterocycles. The number of hydrogen-bond acceptors (Lipinski definition) is 5. The molecule has 8 heteroatoms. The zero-order valence-corrected chi connectivity index (χ0v) is 29.3. The van der Waals surface area contributed by atoms with Crippen LogP contribution in [0.15, 0.2) is 132 Å². The fourth-order valence-corrected chi connectivity index (χ4v) is 7.60. The zero-order chi connectivity index (χ0) is 35.3. The number of anilines is 2. The number of carboxylic acids is 1. The molecule has 2 N–H and O–H groups in total. The minimum Gasteiger partial charge on any atom is -0.480 e. The van der Waals surface area contributed by atoms with E-state index in [-0.39, 0.29) is 11.9 Å². The van der Waals surface area contributed by atoms with E-state index < -0.39 is 18.1 Å². The second kappa shape index (κ2) is 15.3. The van der Waals surface area contributed by atoms with Gasteiger partial charge >= 0.3 is 5.97 Å². The molecule has 1 amide bonds. The van der Waals surface area contributed by atoms with Gasteiger partial charge in [-0.25, -0.2) is 4.79 Å². The fraction of sp³-hybridized carbons (Fsp3) is 0.233. The number of carbonyl (C=O) groups excluding carboxylic acids is 1. The first kappa shape index (κ1) is 34.2. The molecule has 0 aliphatic carbocycles. The van der Waals surface area contributed by atoms with Crippen molar-refractivity contribution in [1.82, 2.24) is 4.90 Å². The van der Waals surface area contributed by atoms with Crippen molar-refractivity contribution in [3.8, 4) is 0 Å². The molecular formula is C43H41ClN4O3. The van der Waals surface area contributed by atoms with Gasteiger partial charge in [-0.05, 0) is 73.2 Å². The average molecular weight is 697 g/mol. The molecule has 1 saturated heterocycles. The van der Waals surface area contributed by atoms with E-state index in [1.54, 1.807) is 0 Å². The smallest absolute Gasteiger partial charge is 0.330 e. The van der Waals surface area contributed by atoms with Crippen molar-refractivity contribution in [3.05, 3.63) is 166 Å². The number of carbonyl (C=O) groups is 2. The highest BCUT2D eigenvalue weighted by Crippen LogP contribution is 2.39. The molecule has 1 fully saturated rings. The van der Waals surface area contributed by atoms with Crippen molar-refractivity contribution in [2.24, 2.45) is 4.99 Å². The van der Waals surface area contributed by atoms with E-state index in [0.717, 1.165) is 53.7 Å². The number of hydrogen-bond donors (Lipinski definition) is 2. The van der Waals surface area contributed by atoms with Crippen LogP contribution in [0.3, 0.4) is 0 Å². The van der Waals surface area contributed by atoms with E-state index in [2.05, 4.69) is 33.3 Å². The van der Waals surface area contributed by atoms with Gasteiger partial charge in [0.25, 0.3) is 0 Å². The zero-order valence-electron chi connectivity index (χ0n) is 28.6. The Labute approximate surface area is 304 Å². The van der Waals surface area contributed by atoms with Crippen LogP contribution in [0.5, 0.6) is 0 Å². The van der Waals surface area contributed by atoms with Crippen molar-refractivity contribution in [3.63, 3.8) is 0 Å². The Kier molecular flexibility index (Phi) is 10.3. The highest BCUT2D eigenvalue weighted by molar-refractivity contribution is 6.31. The van der Waals surface area contributed by atoms with Crippen molar-refractivity contribution in [1.29, 1.82) is 0 Å². The normalized spacial score (nSPS) is 18.2. The standard InChI is InChI=1S/C43H41ClN4O3/c1-29-22-23-33(27-36(29)44)48-26-24-31-15-8-9-18-34(31)41(48)40(43(50)51)46-39(32-16-6-3-7-17-32)35-19-10-11-20-37(35)45-42(49)38-21-12-25-47(38)28-30-13-4-2-5-14-30/h2-11,13-20,22-23,27,38,40-41H,12,21,24-26,28H2,1H3,(H,45,49)(H,50,51)/t38-,40-,41-/m0/s1. The van der Waals surface area contributed by atoms with Crippen molar-refractivity contribution < 1.29 is 14.7 Å². The van der Waals surface area contributed by atoms with Gasteiger partial charge in [-0.3, -0.25) is 14.7 Å². The van der Waals surface area contributed by atoms with E-state index in [9.17, 15) is 14.7 Å². The highest BCUT2D eigenvalue weighted by atomic mass is 35.5. The van der Waals surface area contributed by atoms with Crippen LogP contribution in [0.1, 0.15) is 52.3 Å². The van der Waals surface area contributed by atoms with Gasteiger partial charge in [-0.15, -0.1) is 0 Å². The number of halogens is 1. The van der Waals surface area contributed by atoms with Crippen LogP contribution < -0.4 is 10.2 Å². The van der Waals surface area contributed by atoms with E-state index in [4.69, 9.17) is 16.6 Å². The summed E-state index contributed by atoms with van der Waals surface area (Å²) in [7, 11) is 0. The Morgan fingerprint density at radius 1 is 0.882 bits per heavy atom. The van der Waals surface area contributed by atoms with Gasteiger partial charge in [0.05, 0.1) is 23.5 Å². The summed E-state index contributed by atoms with van der Waals surface area (Å²) in [5, 5.41) is 14.9. The monoisotopic (exact) mass is 696 g/mol. The van der Waals surface area contributed by atoms with Crippen LogP contribution in [-0.4, -0.2) is 52.8 Å². The summed E-state index contributed by atoms with van der Waals surface area (Å²) in [6, 6.07) is 39.2. The lowest BCUT2D eigenvalue weighted by Gasteiger charge is -2.41. The molecule has 0 bridgehead atoms. The predicted octanol–water partition coefficient (Wildman–Crippen LogP) is 8.35. The average Bonchev–Trinajstić information content (AvgIpc) is 3.62. The molecule has 2 aliphatic rings. The van der Waals surface area contributed by atoms with Gasteiger partial charge in [0.1, 0.15) is 0 Å². The summed E-state index contributed by atoms with van der Waals surface area (Å²) < 4.78 is 0. The maximum atomic E-state index is 14.0. The Morgan fingerprint density at radius 2 is 1.59 bits per heavy atom. The molecule has 258 valence electrons. The van der Waals surface area contributed by atoms with Gasteiger partial charge in [-0.2, -0.15) is 0 Å². The number of aliphatic carboxylic acids is 1. The third kappa shape index (κ3) is 7.46.